The Balaban J connectivity index is 2.16. The van der Waals surface area contributed by atoms with Crippen LogP contribution < -0.4 is 5.32 Å². The van der Waals surface area contributed by atoms with E-state index in [9.17, 15) is 4.79 Å². The van der Waals surface area contributed by atoms with Crippen LogP contribution in [0.2, 0.25) is 0 Å². The van der Waals surface area contributed by atoms with Gasteiger partial charge in [0.25, 0.3) is 5.91 Å². The van der Waals surface area contributed by atoms with Crippen molar-refractivity contribution in [3.05, 3.63) is 45.1 Å². The molecule has 1 aromatic heterocycles. The van der Waals surface area contributed by atoms with Crippen LogP contribution in [0.3, 0.4) is 0 Å². The lowest BCUT2D eigenvalue weighted by Crippen LogP contribution is -2.11. The number of rotatable bonds is 3. The molecule has 18 heavy (non-hydrogen) atoms. The Morgan fingerprint density at radius 2 is 2.22 bits per heavy atom. The van der Waals surface area contributed by atoms with E-state index in [4.69, 9.17) is 0 Å². The number of benzene rings is 1. The highest BCUT2D eigenvalue weighted by molar-refractivity contribution is 9.11. The molecule has 0 saturated heterocycles. The summed E-state index contributed by atoms with van der Waals surface area (Å²) in [6.07, 6.45) is 3.29. The summed E-state index contributed by atoms with van der Waals surface area (Å²) in [5.74, 6) is -0.169. The van der Waals surface area contributed by atoms with E-state index in [0.717, 1.165) is 21.2 Å². The van der Waals surface area contributed by atoms with Crippen molar-refractivity contribution in [2.75, 3.05) is 5.32 Å². The highest BCUT2D eigenvalue weighted by Gasteiger charge is 2.10. The van der Waals surface area contributed by atoms with Crippen LogP contribution in [-0.2, 0) is 6.54 Å². The van der Waals surface area contributed by atoms with Crippen molar-refractivity contribution in [3.8, 4) is 0 Å². The fraction of sp³-hybridized carbons (Fsp3) is 0.167. The Morgan fingerprint density at radius 3 is 2.83 bits per heavy atom. The van der Waals surface area contributed by atoms with Gasteiger partial charge in [-0.3, -0.25) is 9.48 Å². The predicted molar refractivity (Wildman–Crippen MR) is 77.7 cm³/mol. The molecule has 4 nitrogen and oxygen atoms in total. The van der Waals surface area contributed by atoms with Gasteiger partial charge in [0.05, 0.1) is 17.4 Å². The van der Waals surface area contributed by atoms with Gasteiger partial charge in [-0.2, -0.15) is 5.10 Å². The molecule has 0 aliphatic carbocycles. The molecule has 0 saturated carbocycles. The Morgan fingerprint density at radius 1 is 1.44 bits per heavy atom. The predicted octanol–water partition coefficient (Wildman–Crippen LogP) is 3.68. The van der Waals surface area contributed by atoms with E-state index in [-0.39, 0.29) is 5.91 Å². The fourth-order valence-corrected chi connectivity index (χ4v) is 2.59. The van der Waals surface area contributed by atoms with Crippen molar-refractivity contribution in [3.63, 3.8) is 0 Å². The van der Waals surface area contributed by atoms with Crippen molar-refractivity contribution < 1.29 is 4.79 Å². The lowest BCUT2D eigenvalue weighted by molar-refractivity contribution is 0.102. The summed E-state index contributed by atoms with van der Waals surface area (Å²) in [6, 6.07) is 5.58. The smallest absolute Gasteiger partial charge is 0.258 e. The van der Waals surface area contributed by atoms with Crippen LogP contribution in [0.1, 0.15) is 17.3 Å². The van der Waals surface area contributed by atoms with Gasteiger partial charge >= 0.3 is 0 Å². The average Bonchev–Trinajstić information content (AvgIpc) is 2.81. The third-order valence-electron chi connectivity index (χ3n) is 2.40. The van der Waals surface area contributed by atoms with Gasteiger partial charge in [0.15, 0.2) is 0 Å². The third kappa shape index (κ3) is 3.00. The molecule has 0 aliphatic heterocycles. The molecule has 1 N–H and O–H groups in total. The SMILES string of the molecule is CCn1cc(C(=O)Nc2ccc(Br)cc2Br)cn1. The fourth-order valence-electron chi connectivity index (χ4n) is 1.44. The Hall–Kier alpha value is -1.14. The first-order valence-electron chi connectivity index (χ1n) is 5.39. The van der Waals surface area contributed by atoms with E-state index in [2.05, 4.69) is 42.3 Å². The number of carbonyl (C=O) groups excluding carboxylic acids is 1. The van der Waals surface area contributed by atoms with E-state index in [1.807, 2.05) is 25.1 Å². The molecular formula is C12H11Br2N3O. The van der Waals surface area contributed by atoms with Crippen LogP contribution in [-0.4, -0.2) is 15.7 Å². The number of aryl methyl sites for hydroxylation is 1. The second kappa shape index (κ2) is 5.67. The van der Waals surface area contributed by atoms with Crippen molar-refractivity contribution >= 4 is 43.5 Å². The Bertz CT molecular complexity index is 580. The molecule has 94 valence electrons. The minimum absolute atomic E-state index is 0.169. The molecule has 0 bridgehead atoms. The Labute approximate surface area is 122 Å². The van der Waals surface area contributed by atoms with E-state index in [0.29, 0.717) is 5.56 Å². The van der Waals surface area contributed by atoms with Gasteiger partial charge in [0.1, 0.15) is 0 Å². The normalized spacial score (nSPS) is 10.4. The van der Waals surface area contributed by atoms with Crippen LogP contribution in [0, 0.1) is 0 Å². The molecule has 0 atom stereocenters. The Kier molecular flexibility index (Phi) is 4.19. The van der Waals surface area contributed by atoms with Crippen LogP contribution in [0.25, 0.3) is 0 Å². The lowest BCUT2D eigenvalue weighted by Gasteiger charge is -2.06. The van der Waals surface area contributed by atoms with Gasteiger partial charge in [0, 0.05) is 21.7 Å². The number of nitrogens with zero attached hydrogens (tertiary/aromatic N) is 2. The van der Waals surface area contributed by atoms with Gasteiger partial charge in [-0.25, -0.2) is 0 Å². The molecule has 2 aromatic rings. The minimum atomic E-state index is -0.169. The number of aromatic nitrogens is 2. The van der Waals surface area contributed by atoms with Gasteiger partial charge in [0.2, 0.25) is 0 Å². The van der Waals surface area contributed by atoms with Crippen LogP contribution >= 0.6 is 31.9 Å². The molecular weight excluding hydrogens is 362 g/mol. The maximum Gasteiger partial charge on any atom is 0.258 e. The monoisotopic (exact) mass is 371 g/mol. The number of amides is 1. The van der Waals surface area contributed by atoms with E-state index in [1.165, 1.54) is 0 Å². The molecule has 0 radical (unpaired) electrons. The number of anilines is 1. The van der Waals surface area contributed by atoms with Crippen LogP contribution in [0.5, 0.6) is 0 Å². The molecule has 0 fully saturated rings. The topological polar surface area (TPSA) is 46.9 Å². The molecule has 0 spiro atoms. The van der Waals surface area contributed by atoms with Crippen molar-refractivity contribution in [2.45, 2.75) is 13.5 Å². The lowest BCUT2D eigenvalue weighted by atomic mass is 10.3. The summed E-state index contributed by atoms with van der Waals surface area (Å²) in [5, 5.41) is 6.90. The molecule has 1 amide bonds. The maximum absolute atomic E-state index is 12.0. The first-order valence-corrected chi connectivity index (χ1v) is 6.97. The molecule has 0 unspecified atom stereocenters. The van der Waals surface area contributed by atoms with Gasteiger partial charge < -0.3 is 5.32 Å². The number of carbonyl (C=O) groups is 1. The standard InChI is InChI=1S/C12H11Br2N3O/c1-2-17-7-8(6-15-17)12(18)16-11-4-3-9(13)5-10(11)14/h3-7H,2H2,1H3,(H,16,18). The summed E-state index contributed by atoms with van der Waals surface area (Å²) in [4.78, 5) is 12.0. The highest BCUT2D eigenvalue weighted by atomic mass is 79.9. The molecule has 6 heteroatoms. The second-order valence-corrected chi connectivity index (χ2v) is 5.43. The van der Waals surface area contributed by atoms with Crippen LogP contribution in [0.15, 0.2) is 39.5 Å². The first kappa shape index (κ1) is 13.3. The summed E-state index contributed by atoms with van der Waals surface area (Å²) < 4.78 is 3.49. The molecule has 1 aromatic carbocycles. The third-order valence-corrected chi connectivity index (χ3v) is 3.55. The van der Waals surface area contributed by atoms with E-state index >= 15 is 0 Å². The van der Waals surface area contributed by atoms with Crippen molar-refractivity contribution in [2.24, 2.45) is 0 Å². The zero-order valence-electron chi connectivity index (χ0n) is 9.65. The number of halogens is 2. The largest absolute Gasteiger partial charge is 0.321 e. The number of hydrogen-bond donors (Lipinski definition) is 1. The summed E-state index contributed by atoms with van der Waals surface area (Å²) in [6.45, 7) is 2.72. The highest BCUT2D eigenvalue weighted by Crippen LogP contribution is 2.26. The van der Waals surface area contributed by atoms with Crippen LogP contribution in [0.4, 0.5) is 5.69 Å². The van der Waals surface area contributed by atoms with E-state index in [1.54, 1.807) is 17.1 Å². The van der Waals surface area contributed by atoms with Crippen molar-refractivity contribution in [1.29, 1.82) is 0 Å². The van der Waals surface area contributed by atoms with Gasteiger partial charge in [-0.05, 0) is 41.1 Å². The average molecular weight is 373 g/mol. The van der Waals surface area contributed by atoms with Gasteiger partial charge in [-0.1, -0.05) is 15.9 Å². The van der Waals surface area contributed by atoms with Crippen molar-refractivity contribution in [1.82, 2.24) is 9.78 Å². The quantitative estimate of drug-likeness (QED) is 0.893. The zero-order valence-corrected chi connectivity index (χ0v) is 12.8. The molecule has 2 rings (SSSR count). The summed E-state index contributed by atoms with van der Waals surface area (Å²) in [5.41, 5.74) is 1.28. The van der Waals surface area contributed by atoms with E-state index < -0.39 is 0 Å². The summed E-state index contributed by atoms with van der Waals surface area (Å²) in [7, 11) is 0. The second-order valence-electron chi connectivity index (χ2n) is 3.66. The van der Waals surface area contributed by atoms with Gasteiger partial charge in [-0.15, -0.1) is 0 Å². The molecule has 0 aliphatic rings. The number of hydrogen-bond acceptors (Lipinski definition) is 2. The first-order chi connectivity index (χ1) is 8.60. The zero-order chi connectivity index (χ0) is 13.1. The maximum atomic E-state index is 12.0. The number of nitrogens with one attached hydrogen (secondary N) is 1. The minimum Gasteiger partial charge on any atom is -0.321 e. The molecule has 1 heterocycles. The summed E-state index contributed by atoms with van der Waals surface area (Å²) >= 11 is 6.77.